The SMILES string of the molecule is CCN(CC)CCOc1ccc(NC(=O)c2ccc(OC)c(OC(F)F)c2)cc1. The van der Waals surface area contributed by atoms with Gasteiger partial charge in [-0.2, -0.15) is 8.78 Å². The smallest absolute Gasteiger partial charge is 0.387 e. The van der Waals surface area contributed by atoms with Gasteiger partial charge in [0.05, 0.1) is 7.11 Å². The zero-order valence-corrected chi connectivity index (χ0v) is 16.8. The number of hydrogen-bond acceptors (Lipinski definition) is 5. The second-order valence-corrected chi connectivity index (χ2v) is 6.10. The molecule has 0 aliphatic carbocycles. The third-order valence-corrected chi connectivity index (χ3v) is 4.32. The van der Waals surface area contributed by atoms with Crippen molar-refractivity contribution in [2.45, 2.75) is 20.5 Å². The van der Waals surface area contributed by atoms with Crippen molar-refractivity contribution in [3.63, 3.8) is 0 Å². The number of amides is 1. The molecule has 0 fully saturated rings. The Hall–Kier alpha value is -2.87. The predicted molar refractivity (Wildman–Crippen MR) is 107 cm³/mol. The van der Waals surface area contributed by atoms with Crippen molar-refractivity contribution in [2.24, 2.45) is 0 Å². The number of carbonyl (C=O) groups excluding carboxylic acids is 1. The Balaban J connectivity index is 1.96. The number of anilines is 1. The van der Waals surface area contributed by atoms with E-state index in [4.69, 9.17) is 9.47 Å². The molecule has 0 unspecified atom stereocenters. The number of benzene rings is 2. The fourth-order valence-electron chi connectivity index (χ4n) is 2.68. The third-order valence-electron chi connectivity index (χ3n) is 4.32. The Morgan fingerprint density at radius 2 is 1.76 bits per heavy atom. The van der Waals surface area contributed by atoms with Crippen LogP contribution in [0.15, 0.2) is 42.5 Å². The van der Waals surface area contributed by atoms with Crippen LogP contribution in [0, 0.1) is 0 Å². The Kier molecular flexibility index (Phi) is 8.67. The highest BCUT2D eigenvalue weighted by Gasteiger charge is 2.15. The molecule has 0 radical (unpaired) electrons. The molecule has 0 heterocycles. The molecule has 158 valence electrons. The number of hydrogen-bond donors (Lipinski definition) is 1. The second-order valence-electron chi connectivity index (χ2n) is 6.10. The first-order valence-electron chi connectivity index (χ1n) is 9.36. The zero-order valence-electron chi connectivity index (χ0n) is 16.8. The summed E-state index contributed by atoms with van der Waals surface area (Å²) in [6, 6.07) is 11.0. The summed E-state index contributed by atoms with van der Waals surface area (Å²) in [7, 11) is 1.33. The monoisotopic (exact) mass is 408 g/mol. The van der Waals surface area contributed by atoms with Crippen molar-refractivity contribution in [3.05, 3.63) is 48.0 Å². The third kappa shape index (κ3) is 6.90. The van der Waals surface area contributed by atoms with E-state index < -0.39 is 12.5 Å². The maximum atomic E-state index is 12.5. The van der Waals surface area contributed by atoms with Crippen LogP contribution in [0.5, 0.6) is 17.2 Å². The number of ether oxygens (including phenoxy) is 3. The summed E-state index contributed by atoms with van der Waals surface area (Å²) in [6.45, 7) is 4.55. The van der Waals surface area contributed by atoms with Crippen molar-refractivity contribution in [1.82, 2.24) is 4.90 Å². The average Bonchev–Trinajstić information content (AvgIpc) is 2.72. The topological polar surface area (TPSA) is 60.0 Å². The van der Waals surface area contributed by atoms with Gasteiger partial charge in [0.25, 0.3) is 5.91 Å². The molecule has 0 spiro atoms. The molecule has 2 aromatic carbocycles. The van der Waals surface area contributed by atoms with Crippen molar-refractivity contribution in [3.8, 4) is 17.2 Å². The van der Waals surface area contributed by atoms with Gasteiger partial charge in [-0.1, -0.05) is 13.8 Å². The van der Waals surface area contributed by atoms with Gasteiger partial charge >= 0.3 is 6.61 Å². The first kappa shape index (κ1) is 22.4. The van der Waals surface area contributed by atoms with Crippen molar-refractivity contribution < 1.29 is 27.8 Å². The second kappa shape index (κ2) is 11.2. The molecule has 0 aromatic heterocycles. The summed E-state index contributed by atoms with van der Waals surface area (Å²) in [4.78, 5) is 14.7. The van der Waals surface area contributed by atoms with E-state index in [0.717, 1.165) is 19.6 Å². The quantitative estimate of drug-likeness (QED) is 0.602. The van der Waals surface area contributed by atoms with Crippen LogP contribution in [0.3, 0.4) is 0 Å². The minimum Gasteiger partial charge on any atom is -0.493 e. The van der Waals surface area contributed by atoms with Crippen molar-refractivity contribution in [2.75, 3.05) is 38.7 Å². The number of nitrogens with one attached hydrogen (secondary N) is 1. The van der Waals surface area contributed by atoms with E-state index >= 15 is 0 Å². The molecule has 0 aliphatic heterocycles. The Bertz CT molecular complexity index is 781. The molecule has 2 aromatic rings. The lowest BCUT2D eigenvalue weighted by molar-refractivity contribution is -0.0512. The van der Waals surface area contributed by atoms with Crippen LogP contribution >= 0.6 is 0 Å². The lowest BCUT2D eigenvalue weighted by atomic mass is 10.2. The van der Waals surface area contributed by atoms with E-state index in [0.29, 0.717) is 18.0 Å². The van der Waals surface area contributed by atoms with Gasteiger partial charge in [0.2, 0.25) is 0 Å². The van der Waals surface area contributed by atoms with Crippen LogP contribution < -0.4 is 19.5 Å². The van der Waals surface area contributed by atoms with Gasteiger partial charge in [-0.25, -0.2) is 0 Å². The van der Waals surface area contributed by atoms with E-state index in [-0.39, 0.29) is 17.1 Å². The molecule has 0 saturated heterocycles. The molecular weight excluding hydrogens is 382 g/mol. The van der Waals surface area contributed by atoms with E-state index in [1.165, 1.54) is 25.3 Å². The highest BCUT2D eigenvalue weighted by atomic mass is 19.3. The minimum absolute atomic E-state index is 0.119. The van der Waals surface area contributed by atoms with Crippen LogP contribution in [0.2, 0.25) is 0 Å². The summed E-state index contributed by atoms with van der Waals surface area (Å²) in [6.07, 6.45) is 0. The number of alkyl halides is 2. The van der Waals surface area contributed by atoms with Gasteiger partial charge in [-0.3, -0.25) is 4.79 Å². The van der Waals surface area contributed by atoms with E-state index in [2.05, 4.69) is 28.8 Å². The molecule has 0 saturated carbocycles. The molecule has 29 heavy (non-hydrogen) atoms. The van der Waals surface area contributed by atoms with E-state index in [9.17, 15) is 13.6 Å². The summed E-state index contributed by atoms with van der Waals surface area (Å²) < 4.78 is 40.1. The van der Waals surface area contributed by atoms with Gasteiger partial charge in [0.1, 0.15) is 12.4 Å². The highest BCUT2D eigenvalue weighted by molar-refractivity contribution is 6.04. The van der Waals surface area contributed by atoms with E-state index in [1.54, 1.807) is 24.3 Å². The summed E-state index contributed by atoms with van der Waals surface area (Å²) >= 11 is 0. The van der Waals surface area contributed by atoms with Crippen LogP contribution in [0.25, 0.3) is 0 Å². The first-order chi connectivity index (χ1) is 14.0. The van der Waals surface area contributed by atoms with Crippen molar-refractivity contribution in [1.29, 1.82) is 0 Å². The lowest BCUT2D eigenvalue weighted by Crippen LogP contribution is -2.27. The first-order valence-corrected chi connectivity index (χ1v) is 9.36. The molecule has 1 N–H and O–H groups in total. The van der Waals surface area contributed by atoms with Crippen molar-refractivity contribution >= 4 is 11.6 Å². The molecular formula is C21H26F2N2O4. The molecule has 2 rings (SSSR count). The summed E-state index contributed by atoms with van der Waals surface area (Å²) in [5.74, 6) is 0.161. The van der Waals surface area contributed by atoms with E-state index in [1.807, 2.05) is 0 Å². The van der Waals surface area contributed by atoms with Crippen LogP contribution in [-0.2, 0) is 0 Å². The van der Waals surface area contributed by atoms with Gasteiger partial charge in [-0.05, 0) is 55.6 Å². The Labute approximate surface area is 169 Å². The molecule has 0 atom stereocenters. The molecule has 6 nitrogen and oxygen atoms in total. The Morgan fingerprint density at radius 3 is 2.34 bits per heavy atom. The van der Waals surface area contributed by atoms with Gasteiger partial charge < -0.3 is 24.4 Å². The van der Waals surface area contributed by atoms with Gasteiger partial charge in [0.15, 0.2) is 11.5 Å². The molecule has 0 bridgehead atoms. The lowest BCUT2D eigenvalue weighted by Gasteiger charge is -2.18. The minimum atomic E-state index is -3.02. The largest absolute Gasteiger partial charge is 0.493 e. The number of methoxy groups -OCH3 is 1. The van der Waals surface area contributed by atoms with Crippen LogP contribution in [0.4, 0.5) is 14.5 Å². The standard InChI is InChI=1S/C21H26F2N2O4/c1-4-25(5-2)12-13-28-17-9-7-16(8-10-17)24-20(26)15-6-11-18(27-3)19(14-15)29-21(22)23/h6-11,14,21H,4-5,12-13H2,1-3H3,(H,24,26). The molecule has 8 heteroatoms. The predicted octanol–water partition coefficient (Wildman–Crippen LogP) is 4.27. The van der Waals surface area contributed by atoms with Crippen LogP contribution in [0.1, 0.15) is 24.2 Å². The number of nitrogens with zero attached hydrogens (tertiary/aromatic N) is 1. The van der Waals surface area contributed by atoms with Gasteiger partial charge in [0, 0.05) is 17.8 Å². The fraction of sp³-hybridized carbons (Fsp3) is 0.381. The molecule has 1 amide bonds. The summed E-state index contributed by atoms with van der Waals surface area (Å²) in [5.41, 5.74) is 0.722. The number of rotatable bonds is 11. The van der Waals surface area contributed by atoms with Gasteiger partial charge in [-0.15, -0.1) is 0 Å². The number of halogens is 2. The highest BCUT2D eigenvalue weighted by Crippen LogP contribution is 2.30. The number of likely N-dealkylation sites (N-methyl/N-ethyl adjacent to an activating group) is 1. The van der Waals surface area contributed by atoms with Crippen LogP contribution in [-0.4, -0.2) is 50.8 Å². The summed E-state index contributed by atoms with van der Waals surface area (Å²) in [5, 5.41) is 2.71. The average molecular weight is 408 g/mol. The normalized spacial score (nSPS) is 10.9. The maximum Gasteiger partial charge on any atom is 0.387 e. The Morgan fingerprint density at radius 1 is 1.07 bits per heavy atom. The fourth-order valence-corrected chi connectivity index (χ4v) is 2.68. The maximum absolute atomic E-state index is 12.5. The zero-order chi connectivity index (χ0) is 21.2. The number of carbonyl (C=O) groups is 1. The molecule has 0 aliphatic rings.